The molecule has 1 aliphatic rings. The molecule has 2 amide bonds. The number of anilines is 1. The summed E-state index contributed by atoms with van der Waals surface area (Å²) in [4.78, 5) is 16.1. The summed E-state index contributed by atoms with van der Waals surface area (Å²) in [6, 6.07) is 29.9. The van der Waals surface area contributed by atoms with Crippen molar-refractivity contribution in [2.45, 2.75) is 39.8 Å². The number of aryl methyl sites for hydroxylation is 2. The van der Waals surface area contributed by atoms with Gasteiger partial charge in [-0.15, -0.1) is 0 Å². The Hall–Kier alpha value is -4.78. The average molecular weight is 532 g/mol. The van der Waals surface area contributed by atoms with Crippen LogP contribution in [0.2, 0.25) is 0 Å². The van der Waals surface area contributed by atoms with E-state index in [9.17, 15) is 4.79 Å². The molecule has 7 nitrogen and oxygen atoms in total. The van der Waals surface area contributed by atoms with Gasteiger partial charge in [-0.05, 0) is 67.8 Å². The smallest absolute Gasteiger partial charge is 0.323 e. The van der Waals surface area contributed by atoms with E-state index in [2.05, 4.69) is 65.5 Å². The van der Waals surface area contributed by atoms with Crippen molar-refractivity contribution in [1.82, 2.24) is 19.2 Å². The lowest BCUT2D eigenvalue weighted by molar-refractivity contribution is 0.194. The standard InChI is InChI=1S/C33H33N5O2/c1-4-24-17-19-25(20-18-24)31-29-15-11-21-36(29)32-27(23(3)35-38(32)26-12-7-6-8-13-26)22-37(31)33(39)34-28-14-9-10-16-30(28)40-5-2/h6-21,31H,4-5,22H2,1-3H3,(H,34,39)/t31-/m1/s1. The minimum atomic E-state index is -0.323. The molecule has 0 saturated heterocycles. The molecular weight excluding hydrogens is 498 g/mol. The van der Waals surface area contributed by atoms with Crippen LogP contribution in [0, 0.1) is 6.92 Å². The fraction of sp³-hybridized carbons (Fsp3) is 0.212. The molecule has 1 aliphatic heterocycles. The summed E-state index contributed by atoms with van der Waals surface area (Å²) in [5.74, 6) is 1.60. The van der Waals surface area contributed by atoms with E-state index in [1.54, 1.807) is 0 Å². The number of carbonyl (C=O) groups excluding carboxylic acids is 1. The van der Waals surface area contributed by atoms with E-state index in [-0.39, 0.29) is 12.1 Å². The van der Waals surface area contributed by atoms with E-state index in [0.717, 1.165) is 40.4 Å². The van der Waals surface area contributed by atoms with E-state index in [1.807, 2.05) is 72.0 Å². The number of urea groups is 1. The molecule has 6 rings (SSSR count). The van der Waals surface area contributed by atoms with Crippen LogP contribution in [0.15, 0.2) is 97.2 Å². The van der Waals surface area contributed by atoms with Gasteiger partial charge in [0.05, 0.1) is 42.0 Å². The highest BCUT2D eigenvalue weighted by Gasteiger charge is 2.36. The van der Waals surface area contributed by atoms with Crippen molar-refractivity contribution in [3.8, 4) is 17.3 Å². The highest BCUT2D eigenvalue weighted by molar-refractivity contribution is 5.91. The molecule has 202 valence electrons. The number of carbonyl (C=O) groups is 1. The predicted molar refractivity (Wildman–Crippen MR) is 157 cm³/mol. The number of nitrogens with one attached hydrogen (secondary N) is 1. The quantitative estimate of drug-likeness (QED) is 0.255. The zero-order valence-corrected chi connectivity index (χ0v) is 23.0. The third kappa shape index (κ3) is 4.53. The molecule has 0 spiro atoms. The van der Waals surface area contributed by atoms with Crippen LogP contribution in [-0.4, -0.2) is 31.9 Å². The Morgan fingerprint density at radius 1 is 0.950 bits per heavy atom. The fourth-order valence-corrected chi connectivity index (χ4v) is 5.47. The minimum Gasteiger partial charge on any atom is -0.492 e. The summed E-state index contributed by atoms with van der Waals surface area (Å²) >= 11 is 0. The van der Waals surface area contributed by atoms with E-state index in [0.29, 0.717) is 24.6 Å². The van der Waals surface area contributed by atoms with Gasteiger partial charge in [0.2, 0.25) is 0 Å². The summed E-state index contributed by atoms with van der Waals surface area (Å²) in [6.07, 6.45) is 3.02. The number of hydrogen-bond acceptors (Lipinski definition) is 3. The molecule has 1 N–H and O–H groups in total. The van der Waals surface area contributed by atoms with Gasteiger partial charge in [0, 0.05) is 11.8 Å². The molecule has 0 bridgehead atoms. The summed E-state index contributed by atoms with van der Waals surface area (Å²) in [5.41, 5.74) is 6.80. The number of ether oxygens (including phenoxy) is 1. The minimum absolute atomic E-state index is 0.204. The Balaban J connectivity index is 1.51. The first kappa shape index (κ1) is 25.5. The van der Waals surface area contributed by atoms with Crippen molar-refractivity contribution in [3.05, 3.63) is 125 Å². The molecule has 0 unspecified atom stereocenters. The lowest BCUT2D eigenvalue weighted by Crippen LogP contribution is -2.38. The van der Waals surface area contributed by atoms with Crippen molar-refractivity contribution in [2.24, 2.45) is 0 Å². The topological polar surface area (TPSA) is 64.3 Å². The average Bonchev–Trinajstić information content (AvgIpc) is 3.55. The van der Waals surface area contributed by atoms with Crippen molar-refractivity contribution in [3.63, 3.8) is 0 Å². The Morgan fingerprint density at radius 2 is 1.70 bits per heavy atom. The molecule has 3 aromatic carbocycles. The molecule has 3 heterocycles. The SMILES string of the molecule is CCOc1ccccc1NC(=O)N1Cc2c(C)nn(-c3ccccc3)c2-n2cccc2[C@H]1c1ccc(CC)cc1. The van der Waals surface area contributed by atoms with Crippen molar-refractivity contribution < 1.29 is 9.53 Å². The summed E-state index contributed by atoms with van der Waals surface area (Å²) in [6.45, 7) is 7.00. The Bertz CT molecular complexity index is 1640. The number of fused-ring (bicyclic) bond motifs is 3. The van der Waals surface area contributed by atoms with Crippen LogP contribution in [0.1, 0.15) is 48.0 Å². The number of para-hydroxylation sites is 3. The predicted octanol–water partition coefficient (Wildman–Crippen LogP) is 7.07. The normalized spacial score (nSPS) is 14.3. The molecule has 0 fully saturated rings. The van der Waals surface area contributed by atoms with Gasteiger partial charge in [-0.3, -0.25) is 0 Å². The van der Waals surface area contributed by atoms with E-state index in [4.69, 9.17) is 9.84 Å². The van der Waals surface area contributed by atoms with Crippen LogP contribution in [-0.2, 0) is 13.0 Å². The number of nitrogens with zero attached hydrogens (tertiary/aromatic N) is 4. The maximum absolute atomic E-state index is 14.2. The highest BCUT2D eigenvalue weighted by Crippen LogP contribution is 2.39. The molecule has 0 radical (unpaired) electrons. The van der Waals surface area contributed by atoms with Gasteiger partial charge in [-0.1, -0.05) is 61.5 Å². The second-order valence-electron chi connectivity index (χ2n) is 9.92. The molecule has 0 aliphatic carbocycles. The number of amides is 2. The second kappa shape index (κ2) is 10.8. The van der Waals surface area contributed by atoms with E-state index in [1.165, 1.54) is 5.56 Å². The maximum atomic E-state index is 14.2. The molecule has 2 aromatic heterocycles. The molecule has 7 heteroatoms. The Labute approximate surface area is 234 Å². The van der Waals surface area contributed by atoms with Crippen LogP contribution in [0.25, 0.3) is 11.5 Å². The maximum Gasteiger partial charge on any atom is 0.323 e. The van der Waals surface area contributed by atoms with Gasteiger partial charge in [-0.25, -0.2) is 9.48 Å². The summed E-state index contributed by atoms with van der Waals surface area (Å²) in [5, 5.41) is 8.09. The van der Waals surface area contributed by atoms with Gasteiger partial charge < -0.3 is 19.5 Å². The lowest BCUT2D eigenvalue weighted by Gasteiger charge is -2.31. The van der Waals surface area contributed by atoms with Gasteiger partial charge in [-0.2, -0.15) is 5.10 Å². The van der Waals surface area contributed by atoms with Gasteiger partial charge in [0.25, 0.3) is 0 Å². The zero-order valence-electron chi connectivity index (χ0n) is 23.0. The monoisotopic (exact) mass is 531 g/mol. The first-order valence-corrected chi connectivity index (χ1v) is 13.8. The first-order valence-electron chi connectivity index (χ1n) is 13.8. The van der Waals surface area contributed by atoms with Crippen molar-refractivity contribution in [2.75, 3.05) is 11.9 Å². The second-order valence-corrected chi connectivity index (χ2v) is 9.92. The van der Waals surface area contributed by atoms with Gasteiger partial charge in [0.1, 0.15) is 11.6 Å². The third-order valence-electron chi connectivity index (χ3n) is 7.48. The number of benzene rings is 3. The van der Waals surface area contributed by atoms with Crippen LogP contribution in [0.3, 0.4) is 0 Å². The highest BCUT2D eigenvalue weighted by atomic mass is 16.5. The number of aromatic nitrogens is 3. The van der Waals surface area contributed by atoms with Crippen molar-refractivity contribution in [1.29, 1.82) is 0 Å². The Kier molecular flexibility index (Phi) is 6.86. The first-order chi connectivity index (χ1) is 19.6. The van der Waals surface area contributed by atoms with Crippen LogP contribution < -0.4 is 10.1 Å². The lowest BCUT2D eigenvalue weighted by atomic mass is 9.99. The summed E-state index contributed by atoms with van der Waals surface area (Å²) < 4.78 is 9.97. The molecular formula is C33H33N5O2. The number of hydrogen-bond donors (Lipinski definition) is 1. The van der Waals surface area contributed by atoms with Gasteiger partial charge >= 0.3 is 6.03 Å². The largest absolute Gasteiger partial charge is 0.492 e. The van der Waals surface area contributed by atoms with E-state index < -0.39 is 0 Å². The molecule has 5 aromatic rings. The Morgan fingerprint density at radius 3 is 2.45 bits per heavy atom. The third-order valence-corrected chi connectivity index (χ3v) is 7.48. The molecule has 1 atom stereocenters. The van der Waals surface area contributed by atoms with Crippen molar-refractivity contribution >= 4 is 11.7 Å². The molecule has 0 saturated carbocycles. The number of rotatable bonds is 6. The zero-order chi connectivity index (χ0) is 27.6. The van der Waals surface area contributed by atoms with Gasteiger partial charge in [0.15, 0.2) is 0 Å². The van der Waals surface area contributed by atoms with E-state index >= 15 is 0 Å². The summed E-state index contributed by atoms with van der Waals surface area (Å²) in [7, 11) is 0. The molecule has 40 heavy (non-hydrogen) atoms. The van der Waals surface area contributed by atoms with Crippen LogP contribution in [0.4, 0.5) is 10.5 Å². The fourth-order valence-electron chi connectivity index (χ4n) is 5.47. The van der Waals surface area contributed by atoms with Crippen LogP contribution >= 0.6 is 0 Å². The van der Waals surface area contributed by atoms with Crippen LogP contribution in [0.5, 0.6) is 5.75 Å².